The molecule has 124 valence electrons. The fourth-order valence-electron chi connectivity index (χ4n) is 2.47. The first kappa shape index (κ1) is 16.5. The van der Waals surface area contributed by atoms with Crippen molar-refractivity contribution in [2.24, 2.45) is 0 Å². The number of fused-ring (bicyclic) bond motifs is 1. The quantitative estimate of drug-likeness (QED) is 0.714. The number of nitrogens with one attached hydrogen (secondary N) is 1. The highest BCUT2D eigenvalue weighted by Gasteiger charge is 2.14. The van der Waals surface area contributed by atoms with Gasteiger partial charge in [0.15, 0.2) is 0 Å². The SMILES string of the molecule is C[C@H](CC(=O)O)Nc1cc(-n2ccnc2)c2ccc(Cl)c(Cl)c2n1. The largest absolute Gasteiger partial charge is 0.481 e. The molecule has 0 unspecified atom stereocenters. The molecule has 8 heteroatoms. The van der Waals surface area contributed by atoms with E-state index in [9.17, 15) is 4.79 Å². The molecule has 6 nitrogen and oxygen atoms in total. The summed E-state index contributed by atoms with van der Waals surface area (Å²) in [6, 6.07) is 5.10. The molecule has 3 rings (SSSR count). The van der Waals surface area contributed by atoms with Gasteiger partial charge in [0.1, 0.15) is 5.82 Å². The van der Waals surface area contributed by atoms with Crippen molar-refractivity contribution in [1.82, 2.24) is 14.5 Å². The van der Waals surface area contributed by atoms with Crippen molar-refractivity contribution in [2.45, 2.75) is 19.4 Å². The summed E-state index contributed by atoms with van der Waals surface area (Å²) in [7, 11) is 0. The highest BCUT2D eigenvalue weighted by Crippen LogP contribution is 2.34. The van der Waals surface area contributed by atoms with Crippen LogP contribution in [0.15, 0.2) is 36.9 Å². The summed E-state index contributed by atoms with van der Waals surface area (Å²) in [5.41, 5.74) is 1.36. The highest BCUT2D eigenvalue weighted by molar-refractivity contribution is 6.45. The van der Waals surface area contributed by atoms with Crippen molar-refractivity contribution >= 4 is 45.9 Å². The first-order chi connectivity index (χ1) is 11.5. The Bertz CT molecular complexity index is 897. The molecule has 0 saturated carbocycles. The molecule has 2 N–H and O–H groups in total. The summed E-state index contributed by atoms with van der Waals surface area (Å²) in [5, 5.41) is 13.6. The molecule has 1 aromatic carbocycles. The molecule has 0 radical (unpaired) electrons. The zero-order valence-electron chi connectivity index (χ0n) is 12.7. The van der Waals surface area contributed by atoms with E-state index in [0.717, 1.165) is 11.1 Å². The van der Waals surface area contributed by atoms with Crippen LogP contribution in [0.1, 0.15) is 13.3 Å². The van der Waals surface area contributed by atoms with E-state index >= 15 is 0 Å². The van der Waals surface area contributed by atoms with E-state index in [0.29, 0.717) is 21.4 Å². The number of imidazole rings is 1. The number of halogens is 2. The van der Waals surface area contributed by atoms with Crippen LogP contribution in [0.2, 0.25) is 10.0 Å². The number of hydrogen-bond donors (Lipinski definition) is 2. The van der Waals surface area contributed by atoms with Crippen LogP contribution in [-0.4, -0.2) is 31.7 Å². The molecule has 2 heterocycles. The lowest BCUT2D eigenvalue weighted by atomic mass is 10.1. The summed E-state index contributed by atoms with van der Waals surface area (Å²) in [5.74, 6) is -0.365. The minimum absolute atomic E-state index is 0.0244. The number of carboxylic acids is 1. The second kappa shape index (κ2) is 6.67. The van der Waals surface area contributed by atoms with Gasteiger partial charge >= 0.3 is 5.97 Å². The van der Waals surface area contributed by atoms with Crippen molar-refractivity contribution in [1.29, 1.82) is 0 Å². The Morgan fingerprint density at radius 3 is 2.88 bits per heavy atom. The number of carboxylic acid groups (broad SMARTS) is 1. The predicted molar refractivity (Wildman–Crippen MR) is 94.2 cm³/mol. The van der Waals surface area contributed by atoms with Gasteiger partial charge in [0, 0.05) is 29.9 Å². The maximum atomic E-state index is 10.9. The zero-order valence-corrected chi connectivity index (χ0v) is 14.2. The van der Waals surface area contributed by atoms with Crippen LogP contribution >= 0.6 is 23.2 Å². The van der Waals surface area contributed by atoms with E-state index in [-0.39, 0.29) is 12.5 Å². The van der Waals surface area contributed by atoms with Crippen LogP contribution in [0, 0.1) is 0 Å². The first-order valence-electron chi connectivity index (χ1n) is 7.21. The van der Waals surface area contributed by atoms with E-state index in [1.165, 1.54) is 0 Å². The molecule has 0 aliphatic carbocycles. The number of nitrogens with zero attached hydrogens (tertiary/aromatic N) is 3. The van der Waals surface area contributed by atoms with Gasteiger partial charge in [-0.3, -0.25) is 4.79 Å². The summed E-state index contributed by atoms with van der Waals surface area (Å²) >= 11 is 12.4. The van der Waals surface area contributed by atoms with E-state index in [4.69, 9.17) is 28.3 Å². The number of aromatic nitrogens is 3. The van der Waals surface area contributed by atoms with E-state index in [1.807, 2.05) is 22.9 Å². The normalized spacial score (nSPS) is 12.3. The average Bonchev–Trinajstić information content (AvgIpc) is 3.04. The van der Waals surface area contributed by atoms with Gasteiger partial charge in [0.2, 0.25) is 0 Å². The summed E-state index contributed by atoms with van der Waals surface area (Å²) < 4.78 is 1.83. The third-order valence-electron chi connectivity index (χ3n) is 3.51. The second-order valence-corrected chi connectivity index (χ2v) is 6.18. The standard InChI is InChI=1S/C16H14Cl2N4O2/c1-9(6-14(23)24)20-13-7-12(22-5-4-19-8-22)10-2-3-11(17)15(18)16(10)21-13/h2-5,7-9H,6H2,1H3,(H,20,21)(H,23,24)/t9-/m1/s1. The fraction of sp³-hybridized carbons (Fsp3) is 0.188. The fourth-order valence-corrected chi connectivity index (χ4v) is 2.83. The molecule has 24 heavy (non-hydrogen) atoms. The predicted octanol–water partition coefficient (Wildman–Crippen LogP) is 4.00. The molecule has 0 aliphatic rings. The number of anilines is 1. The molecule has 1 atom stereocenters. The third-order valence-corrected chi connectivity index (χ3v) is 4.30. The van der Waals surface area contributed by atoms with Gasteiger partial charge < -0.3 is 15.0 Å². The van der Waals surface area contributed by atoms with Crippen LogP contribution in [0.3, 0.4) is 0 Å². The van der Waals surface area contributed by atoms with Gasteiger partial charge in [-0.2, -0.15) is 0 Å². The maximum absolute atomic E-state index is 10.9. The number of pyridine rings is 1. The minimum atomic E-state index is -0.883. The van der Waals surface area contributed by atoms with Crippen LogP contribution in [0.5, 0.6) is 0 Å². The van der Waals surface area contributed by atoms with E-state index in [1.54, 1.807) is 25.5 Å². The Morgan fingerprint density at radius 2 is 2.21 bits per heavy atom. The minimum Gasteiger partial charge on any atom is -0.481 e. The molecular formula is C16H14Cl2N4O2. The number of carbonyl (C=O) groups is 1. The number of aliphatic carboxylic acids is 1. The lowest BCUT2D eigenvalue weighted by molar-refractivity contribution is -0.137. The zero-order chi connectivity index (χ0) is 17.3. The van der Waals surface area contributed by atoms with Gasteiger partial charge in [0.25, 0.3) is 0 Å². The first-order valence-corrected chi connectivity index (χ1v) is 7.96. The smallest absolute Gasteiger partial charge is 0.305 e. The van der Waals surface area contributed by atoms with Crippen molar-refractivity contribution in [3.8, 4) is 5.69 Å². The van der Waals surface area contributed by atoms with Crippen LogP contribution in [-0.2, 0) is 4.79 Å². The van der Waals surface area contributed by atoms with Gasteiger partial charge in [-0.15, -0.1) is 0 Å². The van der Waals surface area contributed by atoms with Crippen LogP contribution in [0.4, 0.5) is 5.82 Å². The topological polar surface area (TPSA) is 80.0 Å². The number of rotatable bonds is 5. The molecule has 3 aromatic rings. The second-order valence-electron chi connectivity index (χ2n) is 5.40. The molecule has 0 aliphatic heterocycles. The van der Waals surface area contributed by atoms with Gasteiger partial charge in [0.05, 0.1) is 34.0 Å². The molecule has 0 fully saturated rings. The van der Waals surface area contributed by atoms with Crippen molar-refractivity contribution in [3.63, 3.8) is 0 Å². The van der Waals surface area contributed by atoms with E-state index in [2.05, 4.69) is 15.3 Å². The van der Waals surface area contributed by atoms with Gasteiger partial charge in [-0.25, -0.2) is 9.97 Å². The Hall–Kier alpha value is -2.31. The van der Waals surface area contributed by atoms with Crippen molar-refractivity contribution in [2.75, 3.05) is 5.32 Å². The van der Waals surface area contributed by atoms with E-state index < -0.39 is 5.97 Å². The Balaban J connectivity index is 2.14. The highest BCUT2D eigenvalue weighted by atomic mass is 35.5. The Kier molecular flexibility index (Phi) is 4.59. The lowest BCUT2D eigenvalue weighted by Crippen LogP contribution is -2.20. The van der Waals surface area contributed by atoms with Gasteiger partial charge in [-0.05, 0) is 19.1 Å². The van der Waals surface area contributed by atoms with Crippen LogP contribution in [0.25, 0.3) is 16.6 Å². The van der Waals surface area contributed by atoms with Gasteiger partial charge in [-0.1, -0.05) is 23.2 Å². The number of benzene rings is 1. The van der Waals surface area contributed by atoms with Crippen molar-refractivity contribution < 1.29 is 9.90 Å². The molecule has 0 amide bonds. The van der Waals surface area contributed by atoms with Crippen molar-refractivity contribution in [3.05, 3.63) is 47.0 Å². The Labute approximate surface area is 148 Å². The maximum Gasteiger partial charge on any atom is 0.305 e. The summed E-state index contributed by atoms with van der Waals surface area (Å²) in [6.07, 6.45) is 5.12. The summed E-state index contributed by atoms with van der Waals surface area (Å²) in [4.78, 5) is 19.4. The number of hydrogen-bond acceptors (Lipinski definition) is 4. The average molecular weight is 365 g/mol. The molecule has 0 saturated heterocycles. The monoisotopic (exact) mass is 364 g/mol. The Morgan fingerprint density at radius 1 is 1.42 bits per heavy atom. The summed E-state index contributed by atoms with van der Waals surface area (Å²) in [6.45, 7) is 1.77. The molecule has 0 spiro atoms. The molecule has 0 bridgehead atoms. The molecular weight excluding hydrogens is 351 g/mol. The van der Waals surface area contributed by atoms with Crippen LogP contribution < -0.4 is 5.32 Å². The molecule has 2 aromatic heterocycles. The third kappa shape index (κ3) is 3.29. The lowest BCUT2D eigenvalue weighted by Gasteiger charge is -2.16.